The third-order valence-electron chi connectivity index (χ3n) is 2.56. The third kappa shape index (κ3) is 2.58. The van der Waals surface area contributed by atoms with Gasteiger partial charge in [0.15, 0.2) is 5.69 Å². The van der Waals surface area contributed by atoms with E-state index in [1.807, 2.05) is 6.07 Å². The number of hydrogen-bond donors (Lipinski definition) is 3. The number of aromatic amines is 1. The van der Waals surface area contributed by atoms with Gasteiger partial charge in [-0.3, -0.25) is 9.89 Å². The van der Waals surface area contributed by atoms with E-state index in [0.29, 0.717) is 27.1 Å². The van der Waals surface area contributed by atoms with Crippen LogP contribution in [0.4, 0.5) is 11.4 Å². The Bertz CT molecular complexity index is 686. The summed E-state index contributed by atoms with van der Waals surface area (Å²) in [4.78, 5) is 12.0. The summed E-state index contributed by atoms with van der Waals surface area (Å²) >= 11 is 3.29. The van der Waals surface area contributed by atoms with Gasteiger partial charge in [0, 0.05) is 4.47 Å². The zero-order valence-corrected chi connectivity index (χ0v) is 11.6. The summed E-state index contributed by atoms with van der Waals surface area (Å²) < 4.78 is 0.616. The number of aryl methyl sites for hydroxylation is 1. The highest BCUT2D eigenvalue weighted by Gasteiger charge is 2.16. The zero-order chi connectivity index (χ0) is 14.0. The second kappa shape index (κ2) is 5.12. The van der Waals surface area contributed by atoms with Crippen molar-refractivity contribution in [1.82, 2.24) is 10.2 Å². The van der Waals surface area contributed by atoms with E-state index in [-0.39, 0.29) is 5.69 Å². The van der Waals surface area contributed by atoms with Crippen LogP contribution in [0, 0.1) is 18.3 Å². The topological polar surface area (TPSA) is 108 Å². The molecule has 6 nitrogen and oxygen atoms in total. The maximum atomic E-state index is 12.0. The quantitative estimate of drug-likeness (QED) is 0.788. The number of hydrogen-bond acceptors (Lipinski definition) is 4. The number of halogens is 1. The number of rotatable bonds is 2. The lowest BCUT2D eigenvalue weighted by Crippen LogP contribution is -2.14. The van der Waals surface area contributed by atoms with E-state index in [1.165, 1.54) is 0 Å². The van der Waals surface area contributed by atoms with Crippen molar-refractivity contribution >= 4 is 33.2 Å². The number of aromatic nitrogens is 2. The molecule has 4 N–H and O–H groups in total. The molecule has 0 atom stereocenters. The van der Waals surface area contributed by atoms with Gasteiger partial charge in [0.1, 0.15) is 0 Å². The molecule has 0 aliphatic rings. The Kier molecular flexibility index (Phi) is 3.53. The highest BCUT2D eigenvalue weighted by molar-refractivity contribution is 9.10. The van der Waals surface area contributed by atoms with Crippen LogP contribution in [0.1, 0.15) is 21.7 Å². The molecule has 0 bridgehead atoms. The van der Waals surface area contributed by atoms with Crippen LogP contribution in [0.25, 0.3) is 0 Å². The largest absolute Gasteiger partial charge is 0.395 e. The van der Waals surface area contributed by atoms with Crippen LogP contribution in [0.5, 0.6) is 0 Å². The molecule has 2 aromatic rings. The molecule has 2 rings (SSSR count). The Balaban J connectivity index is 2.25. The minimum absolute atomic E-state index is 0.147. The minimum Gasteiger partial charge on any atom is -0.395 e. The molecule has 1 aromatic heterocycles. The Hall–Kier alpha value is -2.33. The number of carbonyl (C=O) groups excluding carboxylic acids is 1. The molecule has 0 saturated carbocycles. The average Bonchev–Trinajstić information content (AvgIpc) is 2.72. The minimum atomic E-state index is -0.410. The first-order valence-corrected chi connectivity index (χ1v) is 6.13. The molecule has 0 saturated heterocycles. The summed E-state index contributed by atoms with van der Waals surface area (Å²) in [5.74, 6) is -0.410. The van der Waals surface area contributed by atoms with Crippen molar-refractivity contribution < 1.29 is 4.79 Å². The lowest BCUT2D eigenvalue weighted by atomic mass is 10.2. The van der Waals surface area contributed by atoms with Gasteiger partial charge in [-0.2, -0.15) is 10.4 Å². The molecular weight excluding hydrogens is 310 g/mol. The molecule has 0 spiro atoms. The van der Waals surface area contributed by atoms with E-state index in [1.54, 1.807) is 25.1 Å². The molecule has 1 aromatic carbocycles. The van der Waals surface area contributed by atoms with Gasteiger partial charge in [-0.05, 0) is 41.1 Å². The maximum Gasteiger partial charge on any atom is 0.278 e. The van der Waals surface area contributed by atoms with Crippen molar-refractivity contribution in [3.63, 3.8) is 0 Å². The van der Waals surface area contributed by atoms with Gasteiger partial charge in [0.05, 0.1) is 28.7 Å². The average molecular weight is 320 g/mol. The number of nitrogens with zero attached hydrogens (tertiary/aromatic N) is 2. The first kappa shape index (κ1) is 13.1. The van der Waals surface area contributed by atoms with E-state index < -0.39 is 5.91 Å². The molecule has 1 amide bonds. The summed E-state index contributed by atoms with van der Waals surface area (Å²) in [6.45, 7) is 1.73. The second-order valence-corrected chi connectivity index (χ2v) is 4.73. The highest BCUT2D eigenvalue weighted by Crippen LogP contribution is 2.24. The Morgan fingerprint density at radius 3 is 2.84 bits per heavy atom. The second-order valence-electron chi connectivity index (χ2n) is 3.87. The van der Waals surface area contributed by atoms with E-state index in [0.717, 1.165) is 0 Å². The Labute approximate surface area is 117 Å². The number of nitrogens with one attached hydrogen (secondary N) is 2. The maximum absolute atomic E-state index is 12.0. The number of nitriles is 1. The number of nitrogen functional groups attached to an aromatic ring is 1. The normalized spacial score (nSPS) is 9.95. The highest BCUT2D eigenvalue weighted by atomic mass is 79.9. The van der Waals surface area contributed by atoms with Crippen molar-refractivity contribution in [2.45, 2.75) is 6.92 Å². The zero-order valence-electron chi connectivity index (χ0n) is 9.99. The van der Waals surface area contributed by atoms with Crippen LogP contribution in [-0.2, 0) is 0 Å². The molecule has 1 heterocycles. The lowest BCUT2D eigenvalue weighted by Gasteiger charge is -2.06. The van der Waals surface area contributed by atoms with E-state index in [9.17, 15) is 4.79 Å². The molecular formula is C12H10BrN5O. The monoisotopic (exact) mass is 319 g/mol. The predicted molar refractivity (Wildman–Crippen MR) is 74.5 cm³/mol. The van der Waals surface area contributed by atoms with Crippen LogP contribution in [0.2, 0.25) is 0 Å². The van der Waals surface area contributed by atoms with Crippen LogP contribution in [-0.4, -0.2) is 16.1 Å². The van der Waals surface area contributed by atoms with Gasteiger partial charge < -0.3 is 11.1 Å². The molecule has 96 valence electrons. The SMILES string of the molecule is Cc1[nH]nc(C(=O)Nc2ccc(C#N)cc2Br)c1N. The molecule has 0 radical (unpaired) electrons. The predicted octanol–water partition coefficient (Wildman–Crippen LogP) is 2.19. The van der Waals surface area contributed by atoms with Crippen LogP contribution >= 0.6 is 15.9 Å². The fraction of sp³-hybridized carbons (Fsp3) is 0.0833. The van der Waals surface area contributed by atoms with E-state index in [2.05, 4.69) is 31.4 Å². The first-order chi connectivity index (χ1) is 9.02. The van der Waals surface area contributed by atoms with Gasteiger partial charge in [-0.1, -0.05) is 0 Å². The standard InChI is InChI=1S/C12H10BrN5O/c1-6-10(15)11(18-17-6)12(19)16-9-3-2-7(5-14)4-8(9)13/h2-4H,15H2,1H3,(H,16,19)(H,17,18). The summed E-state index contributed by atoms with van der Waals surface area (Å²) in [6.07, 6.45) is 0. The van der Waals surface area contributed by atoms with E-state index in [4.69, 9.17) is 11.0 Å². The van der Waals surface area contributed by atoms with Gasteiger partial charge >= 0.3 is 0 Å². The van der Waals surface area contributed by atoms with Crippen molar-refractivity contribution in [2.75, 3.05) is 11.1 Å². The van der Waals surface area contributed by atoms with Crippen molar-refractivity contribution in [1.29, 1.82) is 5.26 Å². The van der Waals surface area contributed by atoms with Gasteiger partial charge in [0.2, 0.25) is 0 Å². The van der Waals surface area contributed by atoms with Crippen LogP contribution < -0.4 is 11.1 Å². The number of anilines is 2. The number of amides is 1. The summed E-state index contributed by atoms with van der Waals surface area (Å²) in [7, 11) is 0. The van der Waals surface area contributed by atoms with Crippen molar-refractivity contribution in [3.8, 4) is 6.07 Å². The fourth-order valence-corrected chi connectivity index (χ4v) is 1.96. The molecule has 0 aliphatic carbocycles. The van der Waals surface area contributed by atoms with Gasteiger partial charge in [-0.25, -0.2) is 0 Å². The summed E-state index contributed by atoms with van der Waals surface area (Å²) in [5.41, 5.74) is 7.89. The molecule has 0 aliphatic heterocycles. The molecule has 0 fully saturated rings. The van der Waals surface area contributed by atoms with Crippen molar-refractivity contribution in [3.05, 3.63) is 39.6 Å². The molecule has 7 heteroatoms. The molecule has 0 unspecified atom stereocenters. The van der Waals surface area contributed by atoms with Crippen molar-refractivity contribution in [2.24, 2.45) is 0 Å². The smallest absolute Gasteiger partial charge is 0.278 e. The van der Waals surface area contributed by atoms with Gasteiger partial charge in [-0.15, -0.1) is 0 Å². The number of benzene rings is 1. The lowest BCUT2D eigenvalue weighted by molar-refractivity contribution is 0.102. The van der Waals surface area contributed by atoms with Crippen LogP contribution in [0.3, 0.4) is 0 Å². The summed E-state index contributed by atoms with van der Waals surface area (Å²) in [5, 5.41) is 17.9. The van der Waals surface area contributed by atoms with E-state index >= 15 is 0 Å². The fourth-order valence-electron chi connectivity index (χ4n) is 1.48. The number of nitrogens with two attached hydrogens (primary N) is 1. The Morgan fingerprint density at radius 1 is 1.58 bits per heavy atom. The number of H-pyrrole nitrogens is 1. The Morgan fingerprint density at radius 2 is 2.32 bits per heavy atom. The number of carbonyl (C=O) groups is 1. The third-order valence-corrected chi connectivity index (χ3v) is 3.21. The molecule has 19 heavy (non-hydrogen) atoms. The summed E-state index contributed by atoms with van der Waals surface area (Å²) in [6, 6.07) is 6.88. The van der Waals surface area contributed by atoms with Gasteiger partial charge in [0.25, 0.3) is 5.91 Å². The first-order valence-electron chi connectivity index (χ1n) is 5.34. The van der Waals surface area contributed by atoms with Crippen LogP contribution in [0.15, 0.2) is 22.7 Å².